The third-order valence-electron chi connectivity index (χ3n) is 4.24. The molecule has 1 aliphatic carbocycles. The number of rotatable bonds is 6. The van der Waals surface area contributed by atoms with Crippen LogP contribution in [-0.4, -0.2) is 33.0 Å². The highest BCUT2D eigenvalue weighted by Gasteiger charge is 2.22. The molecule has 0 spiro atoms. The van der Waals surface area contributed by atoms with Gasteiger partial charge in [0, 0.05) is 36.9 Å². The lowest BCUT2D eigenvalue weighted by atomic mass is 10.1. The minimum atomic E-state index is 0.0802. The molecule has 23 heavy (non-hydrogen) atoms. The van der Waals surface area contributed by atoms with Crippen molar-refractivity contribution in [2.45, 2.75) is 57.9 Å². The van der Waals surface area contributed by atoms with Gasteiger partial charge in [-0.15, -0.1) is 11.3 Å². The van der Waals surface area contributed by atoms with E-state index in [-0.39, 0.29) is 5.91 Å². The molecule has 1 fully saturated rings. The maximum absolute atomic E-state index is 12.2. The number of aromatic nitrogens is 3. The first-order valence-electron chi connectivity index (χ1n) is 8.09. The first-order valence-corrected chi connectivity index (χ1v) is 8.91. The fourth-order valence-electron chi connectivity index (χ4n) is 2.92. The summed E-state index contributed by atoms with van der Waals surface area (Å²) in [5.74, 6) is 1.91. The molecular weight excluding hydrogens is 312 g/mol. The van der Waals surface area contributed by atoms with E-state index in [0.717, 1.165) is 28.6 Å². The van der Waals surface area contributed by atoms with Gasteiger partial charge in [-0.25, -0.2) is 4.98 Å². The molecular formula is C16H22N4O2S. The maximum Gasteiger partial charge on any atom is 0.227 e. The highest BCUT2D eigenvalue weighted by molar-refractivity contribution is 7.11. The summed E-state index contributed by atoms with van der Waals surface area (Å²) < 4.78 is 5.29. The standard InChI is InChI=1S/C16H22N4O2S/c1-11-17-9-13(23-11)10-20(2)15(21)8-7-14-18-16(19-22-14)12-5-3-4-6-12/h9,12H,3-8,10H2,1-2H3. The van der Waals surface area contributed by atoms with Crippen molar-refractivity contribution in [3.63, 3.8) is 0 Å². The smallest absolute Gasteiger partial charge is 0.227 e. The van der Waals surface area contributed by atoms with Crippen LogP contribution in [0.4, 0.5) is 0 Å². The van der Waals surface area contributed by atoms with E-state index < -0.39 is 0 Å². The summed E-state index contributed by atoms with van der Waals surface area (Å²) in [6.45, 7) is 2.56. The predicted molar refractivity (Wildman–Crippen MR) is 87.2 cm³/mol. The zero-order valence-corrected chi connectivity index (χ0v) is 14.4. The van der Waals surface area contributed by atoms with E-state index in [9.17, 15) is 4.79 Å². The van der Waals surface area contributed by atoms with Crippen molar-refractivity contribution >= 4 is 17.2 Å². The van der Waals surface area contributed by atoms with E-state index in [2.05, 4.69) is 15.1 Å². The lowest BCUT2D eigenvalue weighted by Gasteiger charge is -2.15. The summed E-state index contributed by atoms with van der Waals surface area (Å²) in [6.07, 6.45) is 7.51. The van der Waals surface area contributed by atoms with Gasteiger partial charge in [0.1, 0.15) is 0 Å². The van der Waals surface area contributed by atoms with Gasteiger partial charge in [-0.1, -0.05) is 18.0 Å². The molecule has 0 saturated heterocycles. The van der Waals surface area contributed by atoms with Crippen molar-refractivity contribution in [1.29, 1.82) is 0 Å². The lowest BCUT2D eigenvalue weighted by Crippen LogP contribution is -2.26. The quantitative estimate of drug-likeness (QED) is 0.812. The number of carbonyl (C=O) groups is 1. The Kier molecular flexibility index (Phi) is 5.05. The molecule has 2 heterocycles. The van der Waals surface area contributed by atoms with Gasteiger partial charge in [0.15, 0.2) is 5.82 Å². The minimum Gasteiger partial charge on any atom is -0.341 e. The third kappa shape index (κ3) is 4.16. The number of aryl methyl sites for hydroxylation is 2. The summed E-state index contributed by atoms with van der Waals surface area (Å²) in [5, 5.41) is 5.09. The second-order valence-electron chi connectivity index (χ2n) is 6.12. The zero-order valence-electron chi connectivity index (χ0n) is 13.6. The van der Waals surface area contributed by atoms with Crippen LogP contribution in [-0.2, 0) is 17.8 Å². The number of hydrogen-bond acceptors (Lipinski definition) is 6. The molecule has 6 nitrogen and oxygen atoms in total. The van der Waals surface area contributed by atoms with Crippen LogP contribution in [0.25, 0.3) is 0 Å². The number of carbonyl (C=O) groups excluding carboxylic acids is 1. The molecule has 124 valence electrons. The molecule has 0 radical (unpaired) electrons. The Morgan fingerprint density at radius 2 is 2.22 bits per heavy atom. The molecule has 0 bridgehead atoms. The Hall–Kier alpha value is -1.76. The average molecular weight is 334 g/mol. The SMILES string of the molecule is Cc1ncc(CN(C)C(=O)CCc2nc(C3CCCC3)no2)s1. The van der Waals surface area contributed by atoms with Crippen LogP contribution in [0.1, 0.15) is 59.6 Å². The van der Waals surface area contributed by atoms with E-state index in [1.807, 2.05) is 20.2 Å². The van der Waals surface area contributed by atoms with Crippen LogP contribution < -0.4 is 0 Å². The van der Waals surface area contributed by atoms with Crippen LogP contribution in [0.3, 0.4) is 0 Å². The van der Waals surface area contributed by atoms with E-state index >= 15 is 0 Å². The second-order valence-corrected chi connectivity index (χ2v) is 7.44. The highest BCUT2D eigenvalue weighted by atomic mass is 32.1. The number of nitrogens with zero attached hydrogens (tertiary/aromatic N) is 4. The van der Waals surface area contributed by atoms with Crippen molar-refractivity contribution in [1.82, 2.24) is 20.0 Å². The number of thiazole rings is 1. The van der Waals surface area contributed by atoms with Crippen molar-refractivity contribution < 1.29 is 9.32 Å². The fourth-order valence-corrected chi connectivity index (χ4v) is 3.77. The van der Waals surface area contributed by atoms with Gasteiger partial charge in [0.05, 0.1) is 11.6 Å². The third-order valence-corrected chi connectivity index (χ3v) is 5.14. The molecule has 1 aliphatic rings. The van der Waals surface area contributed by atoms with Gasteiger partial charge in [-0.2, -0.15) is 4.98 Å². The summed E-state index contributed by atoms with van der Waals surface area (Å²) in [4.78, 5) is 23.7. The fraction of sp³-hybridized carbons (Fsp3) is 0.625. The van der Waals surface area contributed by atoms with Crippen molar-refractivity contribution in [2.24, 2.45) is 0 Å². The Labute approximate surface area is 139 Å². The molecule has 0 N–H and O–H groups in total. The molecule has 0 aromatic carbocycles. The highest BCUT2D eigenvalue weighted by Crippen LogP contribution is 2.32. The van der Waals surface area contributed by atoms with Crippen molar-refractivity contribution in [3.8, 4) is 0 Å². The van der Waals surface area contributed by atoms with E-state index in [1.54, 1.807) is 16.2 Å². The molecule has 0 atom stereocenters. The maximum atomic E-state index is 12.2. The van der Waals surface area contributed by atoms with Gasteiger partial charge in [-0.05, 0) is 19.8 Å². The molecule has 0 aliphatic heterocycles. The topological polar surface area (TPSA) is 72.1 Å². The Balaban J connectivity index is 1.48. The largest absolute Gasteiger partial charge is 0.341 e. The van der Waals surface area contributed by atoms with Crippen LogP contribution in [0, 0.1) is 6.92 Å². The normalized spacial score (nSPS) is 15.2. The Bertz CT molecular complexity index is 661. The van der Waals surface area contributed by atoms with Gasteiger partial charge in [0.2, 0.25) is 11.8 Å². The van der Waals surface area contributed by atoms with Gasteiger partial charge >= 0.3 is 0 Å². The molecule has 1 saturated carbocycles. The van der Waals surface area contributed by atoms with Crippen LogP contribution in [0.5, 0.6) is 0 Å². The molecule has 3 rings (SSSR count). The molecule has 2 aromatic heterocycles. The zero-order chi connectivity index (χ0) is 16.2. The first kappa shape index (κ1) is 16.1. The molecule has 7 heteroatoms. The average Bonchev–Trinajstić information content (AvgIpc) is 3.26. The predicted octanol–water partition coefficient (Wildman–Crippen LogP) is 3.08. The van der Waals surface area contributed by atoms with Crippen LogP contribution in [0.2, 0.25) is 0 Å². The summed E-state index contributed by atoms with van der Waals surface area (Å²) in [7, 11) is 1.81. The van der Waals surface area contributed by atoms with Crippen molar-refractivity contribution in [3.05, 3.63) is 27.8 Å². The second kappa shape index (κ2) is 7.21. The summed E-state index contributed by atoms with van der Waals surface area (Å²) >= 11 is 1.62. The van der Waals surface area contributed by atoms with Crippen LogP contribution in [0.15, 0.2) is 10.7 Å². The molecule has 1 amide bonds. The Morgan fingerprint density at radius 1 is 1.43 bits per heavy atom. The van der Waals surface area contributed by atoms with Gasteiger partial charge < -0.3 is 9.42 Å². The summed E-state index contributed by atoms with van der Waals surface area (Å²) in [5.41, 5.74) is 0. The molecule has 2 aromatic rings. The van der Waals surface area contributed by atoms with E-state index in [0.29, 0.717) is 31.2 Å². The lowest BCUT2D eigenvalue weighted by molar-refractivity contribution is -0.130. The van der Waals surface area contributed by atoms with Crippen LogP contribution >= 0.6 is 11.3 Å². The minimum absolute atomic E-state index is 0.0802. The molecule has 0 unspecified atom stereocenters. The monoisotopic (exact) mass is 334 g/mol. The van der Waals surface area contributed by atoms with Gasteiger partial charge in [-0.3, -0.25) is 4.79 Å². The van der Waals surface area contributed by atoms with E-state index in [1.165, 1.54) is 12.8 Å². The van der Waals surface area contributed by atoms with E-state index in [4.69, 9.17) is 4.52 Å². The number of amides is 1. The Morgan fingerprint density at radius 3 is 2.91 bits per heavy atom. The van der Waals surface area contributed by atoms with Crippen molar-refractivity contribution in [2.75, 3.05) is 7.05 Å². The first-order chi connectivity index (χ1) is 11.1. The van der Waals surface area contributed by atoms with Gasteiger partial charge in [0.25, 0.3) is 0 Å². The summed E-state index contributed by atoms with van der Waals surface area (Å²) in [6, 6.07) is 0. The number of hydrogen-bond donors (Lipinski definition) is 0.